The van der Waals surface area contributed by atoms with E-state index in [0.717, 1.165) is 0 Å². The Labute approximate surface area is 92.7 Å². The standard InChI is InChI=1S/C8H8BrNO3S/c9-5-3-14-7(10-5)8(13)1-4(2-8)6(11)12/h3-4,13H,1-2H2,(H,11,12). The zero-order valence-electron chi connectivity index (χ0n) is 7.11. The molecule has 0 spiro atoms. The molecule has 1 heterocycles. The molecule has 2 N–H and O–H groups in total. The normalized spacial score (nSPS) is 31.1. The molecule has 0 amide bonds. The molecule has 1 fully saturated rings. The number of carboxylic acid groups (broad SMARTS) is 1. The maximum Gasteiger partial charge on any atom is 0.306 e. The number of carboxylic acids is 1. The van der Waals surface area contributed by atoms with Crippen LogP contribution in [0.4, 0.5) is 0 Å². The predicted molar refractivity (Wildman–Crippen MR) is 54.1 cm³/mol. The van der Waals surface area contributed by atoms with Crippen molar-refractivity contribution in [2.24, 2.45) is 5.92 Å². The van der Waals surface area contributed by atoms with Crippen LogP contribution in [0.1, 0.15) is 17.8 Å². The van der Waals surface area contributed by atoms with Crippen molar-refractivity contribution in [3.63, 3.8) is 0 Å². The highest BCUT2D eigenvalue weighted by atomic mass is 79.9. The SMILES string of the molecule is O=C(O)C1CC(O)(c2nc(Br)cs2)C1. The summed E-state index contributed by atoms with van der Waals surface area (Å²) in [5.41, 5.74) is -1.01. The summed E-state index contributed by atoms with van der Waals surface area (Å²) in [6.45, 7) is 0. The summed E-state index contributed by atoms with van der Waals surface area (Å²) in [6, 6.07) is 0. The highest BCUT2D eigenvalue weighted by molar-refractivity contribution is 9.10. The molecule has 0 saturated heterocycles. The lowest BCUT2D eigenvalue weighted by molar-refractivity contribution is -0.159. The van der Waals surface area contributed by atoms with Gasteiger partial charge in [-0.15, -0.1) is 11.3 Å². The van der Waals surface area contributed by atoms with Gasteiger partial charge < -0.3 is 10.2 Å². The Hall–Kier alpha value is -0.460. The van der Waals surface area contributed by atoms with E-state index in [9.17, 15) is 9.90 Å². The van der Waals surface area contributed by atoms with Gasteiger partial charge in [-0.1, -0.05) is 0 Å². The maximum absolute atomic E-state index is 10.6. The highest BCUT2D eigenvalue weighted by Gasteiger charge is 2.49. The average molecular weight is 278 g/mol. The van der Waals surface area contributed by atoms with Gasteiger partial charge in [0.25, 0.3) is 0 Å². The zero-order chi connectivity index (χ0) is 10.3. The van der Waals surface area contributed by atoms with Crippen LogP contribution in [0.25, 0.3) is 0 Å². The molecule has 0 bridgehead atoms. The van der Waals surface area contributed by atoms with Gasteiger partial charge in [-0.25, -0.2) is 4.98 Å². The molecule has 0 radical (unpaired) electrons. The molecule has 1 aliphatic carbocycles. The maximum atomic E-state index is 10.6. The first-order valence-electron chi connectivity index (χ1n) is 4.08. The molecular weight excluding hydrogens is 270 g/mol. The minimum Gasteiger partial charge on any atom is -0.481 e. The number of nitrogens with zero attached hydrogens (tertiary/aromatic N) is 1. The van der Waals surface area contributed by atoms with Crippen LogP contribution in [0.15, 0.2) is 9.98 Å². The van der Waals surface area contributed by atoms with Crippen molar-refractivity contribution in [1.82, 2.24) is 4.98 Å². The van der Waals surface area contributed by atoms with E-state index in [4.69, 9.17) is 5.11 Å². The molecule has 4 nitrogen and oxygen atoms in total. The van der Waals surface area contributed by atoms with Gasteiger partial charge in [-0.05, 0) is 28.8 Å². The van der Waals surface area contributed by atoms with Crippen LogP contribution in [-0.4, -0.2) is 21.2 Å². The number of thiazole rings is 1. The number of rotatable bonds is 2. The van der Waals surface area contributed by atoms with E-state index < -0.39 is 17.5 Å². The molecule has 1 saturated carbocycles. The van der Waals surface area contributed by atoms with Crippen LogP contribution in [0.5, 0.6) is 0 Å². The van der Waals surface area contributed by atoms with Crippen LogP contribution in [0, 0.1) is 5.92 Å². The van der Waals surface area contributed by atoms with Crippen molar-refractivity contribution < 1.29 is 15.0 Å². The van der Waals surface area contributed by atoms with E-state index in [0.29, 0.717) is 9.61 Å². The number of aromatic nitrogens is 1. The Kier molecular flexibility index (Phi) is 2.36. The molecule has 2 rings (SSSR count). The van der Waals surface area contributed by atoms with Gasteiger partial charge in [-0.2, -0.15) is 0 Å². The Morgan fingerprint density at radius 1 is 1.71 bits per heavy atom. The average Bonchev–Trinajstić information content (AvgIpc) is 2.45. The fourth-order valence-corrected chi connectivity index (χ4v) is 2.95. The Morgan fingerprint density at radius 3 is 2.79 bits per heavy atom. The molecule has 6 heteroatoms. The van der Waals surface area contributed by atoms with Gasteiger partial charge in [0.1, 0.15) is 15.2 Å². The van der Waals surface area contributed by atoms with Crippen LogP contribution >= 0.6 is 27.3 Å². The van der Waals surface area contributed by atoms with Crippen molar-refractivity contribution in [1.29, 1.82) is 0 Å². The first-order chi connectivity index (χ1) is 6.51. The Bertz CT molecular complexity index is 372. The summed E-state index contributed by atoms with van der Waals surface area (Å²) in [4.78, 5) is 14.7. The van der Waals surface area contributed by atoms with Gasteiger partial charge in [0.05, 0.1) is 5.92 Å². The third-order valence-corrected chi connectivity index (χ3v) is 4.14. The zero-order valence-corrected chi connectivity index (χ0v) is 9.51. The van der Waals surface area contributed by atoms with Gasteiger partial charge in [0, 0.05) is 5.38 Å². The van der Waals surface area contributed by atoms with Crippen molar-refractivity contribution in [3.8, 4) is 0 Å². The predicted octanol–water partition coefficient (Wildman–Crippen LogP) is 1.59. The monoisotopic (exact) mass is 277 g/mol. The topological polar surface area (TPSA) is 70.4 Å². The van der Waals surface area contributed by atoms with E-state index in [1.54, 1.807) is 5.38 Å². The second-order valence-electron chi connectivity index (χ2n) is 3.45. The number of hydrogen-bond acceptors (Lipinski definition) is 4. The smallest absolute Gasteiger partial charge is 0.306 e. The lowest BCUT2D eigenvalue weighted by Gasteiger charge is -2.39. The van der Waals surface area contributed by atoms with Gasteiger partial charge in [0.2, 0.25) is 0 Å². The fraction of sp³-hybridized carbons (Fsp3) is 0.500. The van der Waals surface area contributed by atoms with Crippen molar-refractivity contribution >= 4 is 33.2 Å². The van der Waals surface area contributed by atoms with Crippen molar-refractivity contribution in [2.45, 2.75) is 18.4 Å². The van der Waals surface area contributed by atoms with Crippen molar-refractivity contribution in [2.75, 3.05) is 0 Å². The fourth-order valence-electron chi connectivity index (χ4n) is 1.57. The van der Waals surface area contributed by atoms with Crippen LogP contribution in [-0.2, 0) is 10.4 Å². The molecular formula is C8H8BrNO3S. The van der Waals surface area contributed by atoms with E-state index in [1.165, 1.54) is 11.3 Å². The number of aliphatic hydroxyl groups is 1. The molecule has 1 aliphatic rings. The summed E-state index contributed by atoms with van der Waals surface area (Å²) >= 11 is 4.54. The Morgan fingerprint density at radius 2 is 2.36 bits per heavy atom. The second-order valence-corrected chi connectivity index (χ2v) is 5.12. The summed E-state index contributed by atoms with van der Waals surface area (Å²) in [5.74, 6) is -1.27. The van der Waals surface area contributed by atoms with Crippen LogP contribution in [0.3, 0.4) is 0 Å². The summed E-state index contributed by atoms with van der Waals surface area (Å²) < 4.78 is 0.685. The summed E-state index contributed by atoms with van der Waals surface area (Å²) in [5, 5.41) is 21.0. The van der Waals surface area contributed by atoms with Crippen molar-refractivity contribution in [3.05, 3.63) is 15.0 Å². The highest BCUT2D eigenvalue weighted by Crippen LogP contribution is 2.46. The molecule has 0 unspecified atom stereocenters. The third kappa shape index (κ3) is 1.57. The number of hydrogen-bond donors (Lipinski definition) is 2. The molecule has 0 aliphatic heterocycles. The van der Waals surface area contributed by atoms with Gasteiger partial charge in [-0.3, -0.25) is 4.79 Å². The minimum atomic E-state index is -1.01. The van der Waals surface area contributed by atoms with E-state index in [-0.39, 0.29) is 12.8 Å². The first-order valence-corrected chi connectivity index (χ1v) is 5.75. The first kappa shape index (κ1) is 10.1. The molecule has 0 aromatic carbocycles. The summed E-state index contributed by atoms with van der Waals surface area (Å²) in [7, 11) is 0. The van der Waals surface area contributed by atoms with E-state index in [2.05, 4.69) is 20.9 Å². The molecule has 0 atom stereocenters. The van der Waals surface area contributed by atoms with E-state index in [1.807, 2.05) is 0 Å². The largest absolute Gasteiger partial charge is 0.481 e. The quantitative estimate of drug-likeness (QED) is 0.861. The number of carbonyl (C=O) groups is 1. The van der Waals surface area contributed by atoms with Crippen LogP contribution in [0.2, 0.25) is 0 Å². The number of aliphatic carboxylic acids is 1. The molecule has 1 aromatic heterocycles. The molecule has 1 aromatic rings. The lowest BCUT2D eigenvalue weighted by Crippen LogP contribution is -2.44. The molecule has 14 heavy (non-hydrogen) atoms. The molecule has 76 valence electrons. The lowest BCUT2D eigenvalue weighted by atomic mass is 9.71. The van der Waals surface area contributed by atoms with Gasteiger partial charge in [0.15, 0.2) is 0 Å². The Balaban J connectivity index is 2.11. The summed E-state index contributed by atoms with van der Waals surface area (Å²) in [6.07, 6.45) is 0.532. The second kappa shape index (κ2) is 3.29. The minimum absolute atomic E-state index is 0.266. The van der Waals surface area contributed by atoms with Gasteiger partial charge >= 0.3 is 5.97 Å². The van der Waals surface area contributed by atoms with E-state index >= 15 is 0 Å². The van der Waals surface area contributed by atoms with Crippen LogP contribution < -0.4 is 0 Å². The third-order valence-electron chi connectivity index (χ3n) is 2.39. The number of halogens is 1.